The van der Waals surface area contributed by atoms with E-state index in [0.717, 1.165) is 34.8 Å². The molecule has 2 rings (SSSR count). The van der Waals surface area contributed by atoms with Crippen molar-refractivity contribution in [2.24, 2.45) is 7.05 Å². The van der Waals surface area contributed by atoms with Gasteiger partial charge in [0.1, 0.15) is 5.82 Å². The molecule has 0 aliphatic rings. The molecule has 0 spiro atoms. The Morgan fingerprint density at radius 3 is 3.00 bits per heavy atom. The van der Waals surface area contributed by atoms with E-state index in [4.69, 9.17) is 11.6 Å². The molecule has 0 saturated carbocycles. The zero-order valence-corrected chi connectivity index (χ0v) is 9.67. The van der Waals surface area contributed by atoms with Crippen LogP contribution in [0.15, 0.2) is 18.2 Å². The van der Waals surface area contributed by atoms with Gasteiger partial charge in [-0.2, -0.15) is 0 Å². The second-order valence-electron chi connectivity index (χ2n) is 3.57. The highest BCUT2D eigenvalue weighted by Crippen LogP contribution is 2.19. The summed E-state index contributed by atoms with van der Waals surface area (Å²) in [6.07, 6.45) is 0.930. The normalized spacial score (nSPS) is 11.1. The number of benzene rings is 1. The van der Waals surface area contributed by atoms with Gasteiger partial charge in [-0.05, 0) is 25.2 Å². The van der Waals surface area contributed by atoms with E-state index in [0.29, 0.717) is 0 Å². The Bertz CT molecular complexity index is 476. The van der Waals surface area contributed by atoms with Crippen molar-refractivity contribution in [3.05, 3.63) is 29.0 Å². The molecule has 2 aromatic rings. The summed E-state index contributed by atoms with van der Waals surface area (Å²) in [5.74, 6) is 1.08. The van der Waals surface area contributed by atoms with E-state index in [1.54, 1.807) is 0 Å². The number of halogens is 1. The molecular formula is C11H14ClN3. The van der Waals surface area contributed by atoms with Crippen LogP contribution in [-0.4, -0.2) is 23.1 Å². The van der Waals surface area contributed by atoms with Crippen LogP contribution in [0.4, 0.5) is 0 Å². The van der Waals surface area contributed by atoms with Crippen LogP contribution in [0, 0.1) is 0 Å². The summed E-state index contributed by atoms with van der Waals surface area (Å²) in [6.45, 7) is 0.935. The number of nitrogens with one attached hydrogen (secondary N) is 1. The number of aryl methyl sites for hydroxylation is 1. The number of aromatic nitrogens is 2. The summed E-state index contributed by atoms with van der Waals surface area (Å²) in [7, 11) is 3.97. The predicted octanol–water partition coefficient (Wildman–Crippen LogP) is 1.99. The van der Waals surface area contributed by atoms with Gasteiger partial charge in [-0.1, -0.05) is 11.6 Å². The van der Waals surface area contributed by atoms with Gasteiger partial charge in [-0.25, -0.2) is 4.98 Å². The maximum absolute atomic E-state index is 5.95. The van der Waals surface area contributed by atoms with Gasteiger partial charge in [0.15, 0.2) is 0 Å². The first-order valence-corrected chi connectivity index (χ1v) is 5.35. The molecule has 0 aliphatic heterocycles. The van der Waals surface area contributed by atoms with Crippen LogP contribution in [0.1, 0.15) is 5.82 Å². The standard InChI is InChI=1S/C11H14ClN3/c1-13-6-5-11-14-9-4-3-8(12)7-10(9)15(11)2/h3-4,7,13H,5-6H2,1-2H3. The minimum absolute atomic E-state index is 0.755. The lowest BCUT2D eigenvalue weighted by atomic mass is 10.3. The average molecular weight is 224 g/mol. The van der Waals surface area contributed by atoms with Gasteiger partial charge < -0.3 is 9.88 Å². The Labute approximate surface area is 94.1 Å². The minimum atomic E-state index is 0.755. The largest absolute Gasteiger partial charge is 0.331 e. The van der Waals surface area contributed by atoms with E-state index < -0.39 is 0 Å². The number of hydrogen-bond acceptors (Lipinski definition) is 2. The van der Waals surface area contributed by atoms with Crippen molar-refractivity contribution in [3.8, 4) is 0 Å². The topological polar surface area (TPSA) is 29.9 Å². The molecule has 3 nitrogen and oxygen atoms in total. The second-order valence-corrected chi connectivity index (χ2v) is 4.01. The van der Waals surface area contributed by atoms with Crippen molar-refractivity contribution in [1.29, 1.82) is 0 Å². The third kappa shape index (κ3) is 1.98. The number of imidazole rings is 1. The van der Waals surface area contributed by atoms with Crippen LogP contribution < -0.4 is 5.32 Å². The zero-order chi connectivity index (χ0) is 10.8. The molecule has 15 heavy (non-hydrogen) atoms. The van der Waals surface area contributed by atoms with Crippen molar-refractivity contribution >= 4 is 22.6 Å². The summed E-state index contributed by atoms with van der Waals surface area (Å²) in [5.41, 5.74) is 2.10. The fourth-order valence-electron chi connectivity index (χ4n) is 1.67. The molecule has 80 valence electrons. The van der Waals surface area contributed by atoms with Gasteiger partial charge in [0.05, 0.1) is 11.0 Å². The molecule has 1 aromatic heterocycles. The maximum Gasteiger partial charge on any atom is 0.110 e. The molecule has 1 heterocycles. The van der Waals surface area contributed by atoms with Crippen LogP contribution in [0.25, 0.3) is 11.0 Å². The van der Waals surface area contributed by atoms with Crippen molar-refractivity contribution in [2.45, 2.75) is 6.42 Å². The summed E-state index contributed by atoms with van der Waals surface area (Å²) in [5, 5.41) is 3.87. The van der Waals surface area contributed by atoms with E-state index in [1.165, 1.54) is 0 Å². The lowest BCUT2D eigenvalue weighted by Gasteiger charge is -2.01. The summed E-state index contributed by atoms with van der Waals surface area (Å²) < 4.78 is 2.10. The second kappa shape index (κ2) is 4.21. The van der Waals surface area contributed by atoms with E-state index in [1.807, 2.05) is 32.3 Å². The molecular weight excluding hydrogens is 210 g/mol. The first-order valence-electron chi connectivity index (χ1n) is 4.98. The molecule has 1 aromatic carbocycles. The molecule has 0 aliphatic carbocycles. The number of hydrogen-bond donors (Lipinski definition) is 1. The summed E-state index contributed by atoms with van der Waals surface area (Å²) in [6, 6.07) is 5.78. The summed E-state index contributed by atoms with van der Waals surface area (Å²) >= 11 is 5.95. The van der Waals surface area contributed by atoms with Gasteiger partial charge in [-0.3, -0.25) is 0 Å². The SMILES string of the molecule is CNCCc1nc2ccc(Cl)cc2n1C. The number of fused-ring (bicyclic) bond motifs is 1. The lowest BCUT2D eigenvalue weighted by Crippen LogP contribution is -2.12. The highest BCUT2D eigenvalue weighted by molar-refractivity contribution is 6.31. The number of nitrogens with zero attached hydrogens (tertiary/aromatic N) is 2. The van der Waals surface area contributed by atoms with Crippen LogP contribution in [0.3, 0.4) is 0 Å². The fourth-order valence-corrected chi connectivity index (χ4v) is 1.84. The molecule has 0 amide bonds. The van der Waals surface area contributed by atoms with E-state index >= 15 is 0 Å². The smallest absolute Gasteiger partial charge is 0.110 e. The van der Waals surface area contributed by atoms with Crippen molar-refractivity contribution in [1.82, 2.24) is 14.9 Å². The van der Waals surface area contributed by atoms with Crippen molar-refractivity contribution in [3.63, 3.8) is 0 Å². The number of rotatable bonds is 3. The van der Waals surface area contributed by atoms with Crippen molar-refractivity contribution < 1.29 is 0 Å². The molecule has 1 N–H and O–H groups in total. The van der Waals surface area contributed by atoms with Crippen LogP contribution >= 0.6 is 11.6 Å². The Morgan fingerprint density at radius 1 is 1.47 bits per heavy atom. The quantitative estimate of drug-likeness (QED) is 0.863. The fraction of sp³-hybridized carbons (Fsp3) is 0.364. The predicted molar refractivity (Wildman–Crippen MR) is 63.4 cm³/mol. The van der Waals surface area contributed by atoms with E-state index in [-0.39, 0.29) is 0 Å². The third-order valence-corrected chi connectivity index (χ3v) is 2.77. The Hall–Kier alpha value is -1.06. The Balaban J connectivity index is 2.45. The van der Waals surface area contributed by atoms with Crippen LogP contribution in [0.5, 0.6) is 0 Å². The first-order chi connectivity index (χ1) is 7.22. The van der Waals surface area contributed by atoms with Gasteiger partial charge in [0, 0.05) is 25.0 Å². The molecule has 0 fully saturated rings. The monoisotopic (exact) mass is 223 g/mol. The molecule has 0 bridgehead atoms. The zero-order valence-electron chi connectivity index (χ0n) is 8.92. The molecule has 0 unspecified atom stereocenters. The minimum Gasteiger partial charge on any atom is -0.331 e. The van der Waals surface area contributed by atoms with Gasteiger partial charge in [0.25, 0.3) is 0 Å². The molecule has 0 radical (unpaired) electrons. The molecule has 0 saturated heterocycles. The third-order valence-electron chi connectivity index (χ3n) is 2.53. The highest BCUT2D eigenvalue weighted by atomic mass is 35.5. The first kappa shape index (κ1) is 10.5. The Morgan fingerprint density at radius 2 is 2.27 bits per heavy atom. The Kier molecular flexibility index (Phi) is 2.93. The van der Waals surface area contributed by atoms with Gasteiger partial charge >= 0.3 is 0 Å². The molecule has 0 atom stereocenters. The highest BCUT2D eigenvalue weighted by Gasteiger charge is 2.06. The van der Waals surface area contributed by atoms with Gasteiger partial charge in [-0.15, -0.1) is 0 Å². The number of likely N-dealkylation sites (N-methyl/N-ethyl adjacent to an activating group) is 1. The average Bonchev–Trinajstić information content (AvgIpc) is 2.53. The molecule has 4 heteroatoms. The lowest BCUT2D eigenvalue weighted by molar-refractivity contribution is 0.726. The van der Waals surface area contributed by atoms with Crippen molar-refractivity contribution in [2.75, 3.05) is 13.6 Å². The van der Waals surface area contributed by atoms with E-state index in [9.17, 15) is 0 Å². The van der Waals surface area contributed by atoms with Gasteiger partial charge in [0.2, 0.25) is 0 Å². The maximum atomic E-state index is 5.95. The van der Waals surface area contributed by atoms with Crippen LogP contribution in [0.2, 0.25) is 5.02 Å². The summed E-state index contributed by atoms with van der Waals surface area (Å²) in [4.78, 5) is 4.56. The van der Waals surface area contributed by atoms with E-state index in [2.05, 4.69) is 14.9 Å². The van der Waals surface area contributed by atoms with Crippen LogP contribution in [-0.2, 0) is 13.5 Å².